The van der Waals surface area contributed by atoms with Gasteiger partial charge in [0.1, 0.15) is 5.75 Å². The van der Waals surface area contributed by atoms with Crippen LogP contribution in [0.1, 0.15) is 25.0 Å². The van der Waals surface area contributed by atoms with Crippen LogP contribution in [-0.2, 0) is 14.3 Å². The third-order valence-corrected chi connectivity index (χ3v) is 2.21. The summed E-state index contributed by atoms with van der Waals surface area (Å²) in [5.74, 6) is -0.0998. The van der Waals surface area contributed by atoms with E-state index < -0.39 is 0 Å². The summed E-state index contributed by atoms with van der Waals surface area (Å²) in [5, 5.41) is 9.14. The maximum atomic E-state index is 11.3. The van der Waals surface area contributed by atoms with Crippen molar-refractivity contribution in [2.75, 3.05) is 13.7 Å². The van der Waals surface area contributed by atoms with Gasteiger partial charge in [-0.15, -0.1) is 0 Å². The summed E-state index contributed by atoms with van der Waals surface area (Å²) >= 11 is 0. The van der Waals surface area contributed by atoms with Crippen LogP contribution in [0.25, 0.3) is 0 Å². The van der Waals surface area contributed by atoms with Crippen molar-refractivity contribution in [1.82, 2.24) is 0 Å². The number of methoxy groups -OCH3 is 1. The Morgan fingerprint density at radius 2 is 2.00 bits per heavy atom. The Balaban J connectivity index is 2.67. The lowest BCUT2D eigenvalue weighted by molar-refractivity contribution is -0.146. The van der Waals surface area contributed by atoms with Gasteiger partial charge >= 0.3 is 5.97 Å². The minimum absolute atomic E-state index is 0.176. The van der Waals surface area contributed by atoms with E-state index in [9.17, 15) is 4.79 Å². The average Bonchev–Trinajstić information content (AvgIpc) is 2.27. The summed E-state index contributed by atoms with van der Waals surface area (Å²) in [7, 11) is 1.54. The third-order valence-electron chi connectivity index (χ3n) is 2.21. The van der Waals surface area contributed by atoms with Gasteiger partial charge in [-0.05, 0) is 24.6 Å². The normalized spacial score (nSPS) is 12.1. The molecule has 0 spiro atoms. The number of ether oxygens (including phenoxy) is 2. The van der Waals surface area contributed by atoms with Crippen molar-refractivity contribution >= 4 is 5.97 Å². The monoisotopic (exact) mass is 224 g/mol. The number of hydrogen-bond acceptors (Lipinski definition) is 4. The lowest BCUT2D eigenvalue weighted by Crippen LogP contribution is -2.11. The van der Waals surface area contributed by atoms with Gasteiger partial charge in [-0.3, -0.25) is 4.79 Å². The Labute approximate surface area is 94.8 Å². The Hall–Kier alpha value is -1.55. The Kier molecular flexibility index (Phi) is 4.79. The Morgan fingerprint density at radius 3 is 2.50 bits per heavy atom. The Bertz CT molecular complexity index is 331. The second kappa shape index (κ2) is 6.12. The molecule has 4 nitrogen and oxygen atoms in total. The molecule has 88 valence electrons. The number of phenolic OH excluding ortho intramolecular Hbond substituents is 1. The SMILES string of the molecule is CCOC(=O)C[C@@H](OC)c1ccc(O)cc1. The fraction of sp³-hybridized carbons (Fsp3) is 0.417. The first-order valence-electron chi connectivity index (χ1n) is 5.14. The minimum Gasteiger partial charge on any atom is -0.508 e. The lowest BCUT2D eigenvalue weighted by atomic mass is 10.1. The summed E-state index contributed by atoms with van der Waals surface area (Å²) < 4.78 is 10.1. The molecule has 16 heavy (non-hydrogen) atoms. The molecule has 0 aromatic heterocycles. The molecule has 0 aliphatic heterocycles. The van der Waals surface area contributed by atoms with Gasteiger partial charge in [0.2, 0.25) is 0 Å². The summed E-state index contributed by atoms with van der Waals surface area (Å²) in [4.78, 5) is 11.3. The third kappa shape index (κ3) is 3.55. The molecular formula is C12H16O4. The molecule has 0 bridgehead atoms. The molecule has 0 radical (unpaired) electrons. The van der Waals surface area contributed by atoms with E-state index in [4.69, 9.17) is 14.6 Å². The van der Waals surface area contributed by atoms with Gasteiger partial charge in [0, 0.05) is 7.11 Å². The van der Waals surface area contributed by atoms with Gasteiger partial charge in [0.25, 0.3) is 0 Å². The van der Waals surface area contributed by atoms with E-state index in [-0.39, 0.29) is 24.2 Å². The van der Waals surface area contributed by atoms with E-state index in [1.54, 1.807) is 31.2 Å². The first-order valence-corrected chi connectivity index (χ1v) is 5.14. The first kappa shape index (κ1) is 12.5. The summed E-state index contributed by atoms with van der Waals surface area (Å²) in [6, 6.07) is 6.57. The maximum Gasteiger partial charge on any atom is 0.308 e. The van der Waals surface area contributed by atoms with Gasteiger partial charge < -0.3 is 14.6 Å². The van der Waals surface area contributed by atoms with Crippen molar-refractivity contribution in [3.05, 3.63) is 29.8 Å². The Morgan fingerprint density at radius 1 is 1.38 bits per heavy atom. The zero-order chi connectivity index (χ0) is 12.0. The average molecular weight is 224 g/mol. The molecular weight excluding hydrogens is 208 g/mol. The summed E-state index contributed by atoms with van der Waals surface area (Å²) in [6.45, 7) is 2.13. The van der Waals surface area contributed by atoms with E-state index in [0.29, 0.717) is 6.61 Å². The molecule has 0 aliphatic rings. The number of carbonyl (C=O) groups is 1. The summed E-state index contributed by atoms with van der Waals surface area (Å²) in [5.41, 5.74) is 0.841. The van der Waals surface area contributed by atoms with Crippen LogP contribution in [0.3, 0.4) is 0 Å². The highest BCUT2D eigenvalue weighted by atomic mass is 16.5. The number of aromatic hydroxyl groups is 1. The minimum atomic E-state index is -0.334. The topological polar surface area (TPSA) is 55.8 Å². The lowest BCUT2D eigenvalue weighted by Gasteiger charge is -2.14. The van der Waals surface area contributed by atoms with Crippen LogP contribution in [0.5, 0.6) is 5.75 Å². The van der Waals surface area contributed by atoms with E-state index in [0.717, 1.165) is 5.56 Å². The number of hydrogen-bond donors (Lipinski definition) is 1. The van der Waals surface area contributed by atoms with Gasteiger partial charge in [-0.2, -0.15) is 0 Å². The molecule has 4 heteroatoms. The molecule has 1 N–H and O–H groups in total. The highest BCUT2D eigenvalue weighted by molar-refractivity contribution is 5.70. The van der Waals surface area contributed by atoms with Crippen molar-refractivity contribution < 1.29 is 19.4 Å². The molecule has 0 saturated heterocycles. The summed E-state index contributed by atoms with van der Waals surface area (Å²) in [6.07, 6.45) is -0.158. The quantitative estimate of drug-likeness (QED) is 0.777. The molecule has 0 heterocycles. The van der Waals surface area contributed by atoms with Gasteiger partial charge in [-0.1, -0.05) is 12.1 Å². The zero-order valence-corrected chi connectivity index (χ0v) is 9.47. The van der Waals surface area contributed by atoms with Crippen LogP contribution in [0.4, 0.5) is 0 Å². The van der Waals surface area contributed by atoms with Gasteiger partial charge in [-0.25, -0.2) is 0 Å². The molecule has 0 fully saturated rings. The smallest absolute Gasteiger partial charge is 0.308 e. The molecule has 1 rings (SSSR count). The largest absolute Gasteiger partial charge is 0.508 e. The second-order valence-corrected chi connectivity index (χ2v) is 3.33. The fourth-order valence-electron chi connectivity index (χ4n) is 1.40. The van der Waals surface area contributed by atoms with Crippen molar-refractivity contribution in [2.24, 2.45) is 0 Å². The molecule has 1 aromatic rings. The predicted molar refractivity (Wildman–Crippen MR) is 59.1 cm³/mol. The van der Waals surface area contributed by atoms with Crippen LogP contribution in [0.2, 0.25) is 0 Å². The molecule has 0 saturated carbocycles. The molecule has 1 atom stereocenters. The molecule has 0 amide bonds. The van der Waals surface area contributed by atoms with Gasteiger partial charge in [0.15, 0.2) is 0 Å². The highest BCUT2D eigenvalue weighted by Gasteiger charge is 2.15. The molecule has 1 aromatic carbocycles. The van der Waals surface area contributed by atoms with E-state index in [1.807, 2.05) is 0 Å². The second-order valence-electron chi connectivity index (χ2n) is 3.33. The number of phenols is 1. The molecule has 0 unspecified atom stereocenters. The number of carbonyl (C=O) groups excluding carboxylic acids is 1. The number of esters is 1. The molecule has 0 aliphatic carbocycles. The van der Waals surface area contributed by atoms with Crippen molar-refractivity contribution in [1.29, 1.82) is 0 Å². The highest BCUT2D eigenvalue weighted by Crippen LogP contribution is 2.22. The van der Waals surface area contributed by atoms with Gasteiger partial charge in [0.05, 0.1) is 19.1 Å². The van der Waals surface area contributed by atoms with Crippen molar-refractivity contribution in [3.8, 4) is 5.75 Å². The predicted octanol–water partition coefficient (Wildman–Crippen LogP) is 2.03. The van der Waals surface area contributed by atoms with Crippen LogP contribution < -0.4 is 0 Å². The fourth-order valence-corrected chi connectivity index (χ4v) is 1.40. The van der Waals surface area contributed by atoms with Crippen LogP contribution in [-0.4, -0.2) is 24.8 Å². The van der Waals surface area contributed by atoms with Crippen molar-refractivity contribution in [3.63, 3.8) is 0 Å². The zero-order valence-electron chi connectivity index (χ0n) is 9.47. The first-order chi connectivity index (χ1) is 7.67. The van der Waals surface area contributed by atoms with E-state index in [2.05, 4.69) is 0 Å². The number of benzene rings is 1. The van der Waals surface area contributed by atoms with Crippen molar-refractivity contribution in [2.45, 2.75) is 19.4 Å². The number of rotatable bonds is 5. The van der Waals surface area contributed by atoms with E-state index in [1.165, 1.54) is 7.11 Å². The van der Waals surface area contributed by atoms with Crippen LogP contribution in [0, 0.1) is 0 Å². The maximum absolute atomic E-state index is 11.3. The van der Waals surface area contributed by atoms with Crippen LogP contribution >= 0.6 is 0 Å². The standard InChI is InChI=1S/C12H16O4/c1-3-16-12(14)8-11(15-2)9-4-6-10(13)7-5-9/h4-7,11,13H,3,8H2,1-2H3/t11-/m1/s1. The van der Waals surface area contributed by atoms with Crippen LogP contribution in [0.15, 0.2) is 24.3 Å². The van der Waals surface area contributed by atoms with E-state index >= 15 is 0 Å².